The quantitative estimate of drug-likeness (QED) is 0.558. The van der Waals surface area contributed by atoms with Gasteiger partial charge in [0, 0.05) is 36.9 Å². The van der Waals surface area contributed by atoms with E-state index >= 15 is 0 Å². The number of rotatable bonds is 6. The lowest BCUT2D eigenvalue weighted by molar-refractivity contribution is 0.0958. The van der Waals surface area contributed by atoms with Crippen molar-refractivity contribution in [3.05, 3.63) is 89.0 Å². The molecule has 0 aromatic heterocycles. The highest BCUT2D eigenvalue weighted by Gasteiger charge is 2.30. The van der Waals surface area contributed by atoms with Crippen molar-refractivity contribution >= 4 is 11.6 Å². The largest absolute Gasteiger partial charge is 0.504 e. The van der Waals surface area contributed by atoms with Crippen molar-refractivity contribution < 1.29 is 14.6 Å². The molecule has 0 saturated carbocycles. The van der Waals surface area contributed by atoms with Gasteiger partial charge in [0.2, 0.25) is 0 Å². The normalized spacial score (nSPS) is 14.8. The summed E-state index contributed by atoms with van der Waals surface area (Å²) >= 11 is 0. The monoisotopic (exact) mass is 444 g/mol. The molecule has 0 aliphatic carbocycles. The van der Waals surface area contributed by atoms with E-state index < -0.39 is 0 Å². The molecule has 4 rings (SSSR count). The van der Waals surface area contributed by atoms with E-state index in [1.54, 1.807) is 13.2 Å². The molecule has 172 valence electrons. The number of methoxy groups -OCH3 is 1. The second-order valence-electron chi connectivity index (χ2n) is 8.89. The van der Waals surface area contributed by atoms with Gasteiger partial charge in [0.15, 0.2) is 11.5 Å². The fraction of sp³-hybridized carbons (Fsp3) is 0.321. The molecule has 0 bridgehead atoms. The summed E-state index contributed by atoms with van der Waals surface area (Å²) in [6.07, 6.45) is 1.81. The first-order valence-electron chi connectivity index (χ1n) is 11.5. The minimum Gasteiger partial charge on any atom is -0.504 e. The van der Waals surface area contributed by atoms with E-state index in [4.69, 9.17) is 4.74 Å². The van der Waals surface area contributed by atoms with Gasteiger partial charge >= 0.3 is 0 Å². The van der Waals surface area contributed by atoms with Crippen molar-refractivity contribution in [2.24, 2.45) is 0 Å². The Morgan fingerprint density at radius 1 is 1.00 bits per heavy atom. The molecule has 1 saturated heterocycles. The number of benzene rings is 3. The number of aromatic hydroxyl groups is 1. The van der Waals surface area contributed by atoms with Crippen LogP contribution in [-0.2, 0) is 6.54 Å². The zero-order valence-electron chi connectivity index (χ0n) is 19.6. The minimum absolute atomic E-state index is 0.0577. The molecule has 33 heavy (non-hydrogen) atoms. The third kappa shape index (κ3) is 5.37. The Bertz CT molecular complexity index is 1100. The molecule has 0 spiro atoms. The average molecular weight is 445 g/mol. The molecule has 5 heteroatoms. The third-order valence-corrected chi connectivity index (χ3v) is 6.37. The molecule has 0 radical (unpaired) electrons. The Labute approximate surface area is 196 Å². The summed E-state index contributed by atoms with van der Waals surface area (Å²) in [4.78, 5) is 18.0. The summed E-state index contributed by atoms with van der Waals surface area (Å²) in [6, 6.07) is 21.7. The highest BCUT2D eigenvalue weighted by molar-refractivity contribution is 6.06. The van der Waals surface area contributed by atoms with E-state index in [9.17, 15) is 9.90 Å². The van der Waals surface area contributed by atoms with Crippen LogP contribution in [0.25, 0.3) is 0 Å². The number of anilines is 1. The zero-order chi connectivity index (χ0) is 23.4. The standard InChI is InChI=1S/C28H32N2O3/c1-20-7-10-23(11-8-20)28(32)30(25-6-4-5-21(2)17-25)24-13-15-29(16-14-24)19-22-9-12-26(31)27(18-22)33-3/h4-12,17-18,24,31H,13-16,19H2,1-3H3. The van der Waals surface area contributed by atoms with E-state index in [0.29, 0.717) is 5.75 Å². The fourth-order valence-corrected chi connectivity index (χ4v) is 4.52. The third-order valence-electron chi connectivity index (χ3n) is 6.37. The number of likely N-dealkylation sites (tertiary alicyclic amines) is 1. The van der Waals surface area contributed by atoms with Gasteiger partial charge < -0.3 is 14.7 Å². The molecule has 1 aliphatic heterocycles. The lowest BCUT2D eigenvalue weighted by Gasteiger charge is -2.39. The van der Waals surface area contributed by atoms with Gasteiger partial charge in [-0.25, -0.2) is 0 Å². The Hall–Kier alpha value is -3.31. The lowest BCUT2D eigenvalue weighted by Crippen LogP contribution is -2.47. The molecule has 5 nitrogen and oxygen atoms in total. The van der Waals surface area contributed by atoms with Crippen LogP contribution in [0.5, 0.6) is 11.5 Å². The maximum Gasteiger partial charge on any atom is 0.258 e. The number of hydrogen-bond acceptors (Lipinski definition) is 4. The van der Waals surface area contributed by atoms with Gasteiger partial charge in [0.1, 0.15) is 0 Å². The Morgan fingerprint density at radius 2 is 1.73 bits per heavy atom. The van der Waals surface area contributed by atoms with Gasteiger partial charge in [0.05, 0.1) is 7.11 Å². The molecule has 0 unspecified atom stereocenters. The second kappa shape index (κ2) is 10.1. The highest BCUT2D eigenvalue weighted by Crippen LogP contribution is 2.29. The number of ether oxygens (including phenoxy) is 1. The van der Waals surface area contributed by atoms with Crippen LogP contribution in [0.1, 0.15) is 39.9 Å². The van der Waals surface area contributed by atoms with Gasteiger partial charge in [-0.05, 0) is 74.2 Å². The predicted molar refractivity (Wildman–Crippen MR) is 132 cm³/mol. The Balaban J connectivity index is 1.50. The van der Waals surface area contributed by atoms with Crippen molar-refractivity contribution in [3.63, 3.8) is 0 Å². The summed E-state index contributed by atoms with van der Waals surface area (Å²) in [5, 5.41) is 9.85. The van der Waals surface area contributed by atoms with Crippen molar-refractivity contribution in [1.29, 1.82) is 0 Å². The van der Waals surface area contributed by atoms with Crippen LogP contribution in [0.2, 0.25) is 0 Å². The first-order chi connectivity index (χ1) is 15.9. The number of phenolic OH excluding ortho intramolecular Hbond substituents is 1. The molecule has 3 aromatic rings. The summed E-state index contributed by atoms with van der Waals surface area (Å²) < 4.78 is 5.24. The van der Waals surface area contributed by atoms with Crippen LogP contribution in [0.3, 0.4) is 0 Å². The van der Waals surface area contributed by atoms with Crippen LogP contribution >= 0.6 is 0 Å². The smallest absolute Gasteiger partial charge is 0.258 e. The molecular weight excluding hydrogens is 412 g/mol. The first-order valence-corrected chi connectivity index (χ1v) is 11.5. The van der Waals surface area contributed by atoms with Crippen LogP contribution in [-0.4, -0.2) is 42.2 Å². The summed E-state index contributed by atoms with van der Waals surface area (Å²) in [7, 11) is 1.56. The number of carbonyl (C=O) groups is 1. The Kier molecular flexibility index (Phi) is 6.99. The maximum absolute atomic E-state index is 13.6. The summed E-state index contributed by atoms with van der Waals surface area (Å²) in [5.74, 6) is 0.711. The fourth-order valence-electron chi connectivity index (χ4n) is 4.52. The van der Waals surface area contributed by atoms with Crippen LogP contribution < -0.4 is 9.64 Å². The topological polar surface area (TPSA) is 53.0 Å². The molecular formula is C28H32N2O3. The lowest BCUT2D eigenvalue weighted by atomic mass is 9.99. The average Bonchev–Trinajstić information content (AvgIpc) is 2.82. The summed E-state index contributed by atoms with van der Waals surface area (Å²) in [6.45, 7) is 6.69. The van der Waals surface area contributed by atoms with E-state index in [0.717, 1.165) is 60.4 Å². The van der Waals surface area contributed by atoms with Gasteiger partial charge in [-0.2, -0.15) is 0 Å². The SMILES string of the molecule is COc1cc(CN2CCC(N(C(=O)c3ccc(C)cc3)c3cccc(C)c3)CC2)ccc1O. The predicted octanol–water partition coefficient (Wildman–Crippen LogP) is 5.33. The molecule has 3 aromatic carbocycles. The number of aryl methyl sites for hydroxylation is 2. The number of nitrogens with zero attached hydrogens (tertiary/aromatic N) is 2. The van der Waals surface area contributed by atoms with Crippen molar-refractivity contribution in [2.45, 2.75) is 39.3 Å². The second-order valence-corrected chi connectivity index (χ2v) is 8.89. The zero-order valence-corrected chi connectivity index (χ0v) is 19.6. The highest BCUT2D eigenvalue weighted by atomic mass is 16.5. The van der Waals surface area contributed by atoms with Gasteiger partial charge in [0.25, 0.3) is 5.91 Å². The van der Waals surface area contributed by atoms with E-state index in [1.165, 1.54) is 0 Å². The molecule has 1 N–H and O–H groups in total. The van der Waals surface area contributed by atoms with Crippen LogP contribution in [0, 0.1) is 13.8 Å². The number of carbonyl (C=O) groups excluding carboxylic acids is 1. The van der Waals surface area contributed by atoms with Gasteiger partial charge in [-0.3, -0.25) is 9.69 Å². The van der Waals surface area contributed by atoms with E-state index in [2.05, 4.69) is 24.0 Å². The van der Waals surface area contributed by atoms with Gasteiger partial charge in [-0.15, -0.1) is 0 Å². The van der Waals surface area contributed by atoms with E-state index in [1.807, 2.05) is 60.4 Å². The first kappa shape index (κ1) is 22.9. The van der Waals surface area contributed by atoms with Crippen molar-refractivity contribution in [3.8, 4) is 11.5 Å². The number of piperidine rings is 1. The molecule has 1 amide bonds. The molecule has 1 aliphatic rings. The molecule has 1 heterocycles. The van der Waals surface area contributed by atoms with Gasteiger partial charge in [-0.1, -0.05) is 35.9 Å². The van der Waals surface area contributed by atoms with E-state index in [-0.39, 0.29) is 17.7 Å². The number of amides is 1. The molecule has 0 atom stereocenters. The maximum atomic E-state index is 13.6. The minimum atomic E-state index is 0.0577. The number of hydrogen-bond donors (Lipinski definition) is 1. The van der Waals surface area contributed by atoms with Crippen molar-refractivity contribution in [2.75, 3.05) is 25.1 Å². The van der Waals surface area contributed by atoms with Crippen molar-refractivity contribution in [1.82, 2.24) is 4.90 Å². The summed E-state index contributed by atoms with van der Waals surface area (Å²) in [5.41, 5.74) is 5.08. The Morgan fingerprint density at radius 3 is 2.39 bits per heavy atom. The molecule has 1 fully saturated rings. The van der Waals surface area contributed by atoms with Crippen LogP contribution in [0.15, 0.2) is 66.7 Å². The van der Waals surface area contributed by atoms with Crippen LogP contribution in [0.4, 0.5) is 5.69 Å². The number of phenols is 1.